The third-order valence-corrected chi connectivity index (χ3v) is 5.85. The van der Waals surface area contributed by atoms with Gasteiger partial charge in [0, 0.05) is 13.6 Å². The molecule has 0 unspecified atom stereocenters. The van der Waals surface area contributed by atoms with Gasteiger partial charge in [0.25, 0.3) is 0 Å². The van der Waals surface area contributed by atoms with Crippen molar-refractivity contribution in [1.82, 2.24) is 14.8 Å². The van der Waals surface area contributed by atoms with Crippen LogP contribution in [-0.4, -0.2) is 55.6 Å². The molecule has 2 aromatic carbocycles. The molecule has 1 heterocycles. The molecule has 3 aromatic rings. The van der Waals surface area contributed by atoms with Crippen molar-refractivity contribution in [2.45, 2.75) is 20.0 Å². The highest BCUT2D eigenvalue weighted by molar-refractivity contribution is 7.18. The average molecular weight is 414 g/mol. The number of amides is 1. The van der Waals surface area contributed by atoms with E-state index in [1.165, 1.54) is 4.70 Å². The van der Waals surface area contributed by atoms with Crippen LogP contribution < -0.4 is 9.47 Å². The van der Waals surface area contributed by atoms with Gasteiger partial charge in [-0.25, -0.2) is 4.98 Å². The molecule has 7 heteroatoms. The Kier molecular flexibility index (Phi) is 6.71. The number of carbonyl (C=O) groups excluding carboxylic acids is 1. The van der Waals surface area contributed by atoms with E-state index >= 15 is 0 Å². The number of ether oxygens (including phenoxy) is 2. The summed E-state index contributed by atoms with van der Waals surface area (Å²) in [6.07, 6.45) is 0. The number of aryl methyl sites for hydroxylation is 1. The highest BCUT2D eigenvalue weighted by Gasteiger charge is 2.16. The molecule has 29 heavy (non-hydrogen) atoms. The quantitative estimate of drug-likeness (QED) is 0.563. The van der Waals surface area contributed by atoms with Crippen molar-refractivity contribution in [3.63, 3.8) is 0 Å². The lowest BCUT2D eigenvalue weighted by Gasteiger charge is -2.23. The number of para-hydroxylation sites is 1. The molecular formula is C22H27N3O3S. The SMILES string of the molecule is COc1cc(C)c(CN(C)C(=O)CN(C)Cc2nc3ccccc3s2)cc1OC. The Bertz CT molecular complexity index is 969. The molecule has 0 atom stereocenters. The van der Waals surface area contributed by atoms with Gasteiger partial charge in [-0.15, -0.1) is 11.3 Å². The molecule has 3 rings (SSSR count). The van der Waals surface area contributed by atoms with Gasteiger partial charge in [0.2, 0.25) is 5.91 Å². The summed E-state index contributed by atoms with van der Waals surface area (Å²) in [7, 11) is 7.00. The highest BCUT2D eigenvalue weighted by atomic mass is 32.1. The molecule has 0 radical (unpaired) electrons. The predicted molar refractivity (Wildman–Crippen MR) is 117 cm³/mol. The van der Waals surface area contributed by atoms with Gasteiger partial charge in [0.05, 0.1) is 37.5 Å². The van der Waals surface area contributed by atoms with Crippen LogP contribution in [0.1, 0.15) is 16.1 Å². The summed E-state index contributed by atoms with van der Waals surface area (Å²) in [5, 5.41) is 1.01. The molecule has 6 nitrogen and oxygen atoms in total. The Balaban J connectivity index is 1.61. The molecule has 0 aliphatic heterocycles. The Labute approximate surface area is 175 Å². The van der Waals surface area contributed by atoms with E-state index in [1.807, 2.05) is 56.3 Å². The Morgan fingerprint density at radius 1 is 1.07 bits per heavy atom. The fourth-order valence-corrected chi connectivity index (χ4v) is 4.21. The highest BCUT2D eigenvalue weighted by Crippen LogP contribution is 2.30. The lowest BCUT2D eigenvalue weighted by Crippen LogP contribution is -2.36. The standard InChI is InChI=1S/C22H27N3O3S/c1-15-10-18(27-4)19(28-5)11-16(15)12-25(3)22(26)14-24(2)13-21-23-17-8-6-7-9-20(17)29-21/h6-11H,12-14H2,1-5H3. The lowest BCUT2D eigenvalue weighted by molar-refractivity contribution is -0.131. The molecular weight excluding hydrogens is 386 g/mol. The summed E-state index contributed by atoms with van der Waals surface area (Å²) < 4.78 is 11.9. The molecule has 0 aliphatic rings. The molecule has 0 bridgehead atoms. The number of hydrogen-bond donors (Lipinski definition) is 0. The van der Waals surface area contributed by atoms with Crippen molar-refractivity contribution >= 4 is 27.5 Å². The maximum absolute atomic E-state index is 12.7. The second-order valence-electron chi connectivity index (χ2n) is 7.13. The maximum Gasteiger partial charge on any atom is 0.236 e. The number of nitrogens with zero attached hydrogens (tertiary/aromatic N) is 3. The van der Waals surface area contributed by atoms with Crippen LogP contribution in [0.25, 0.3) is 10.2 Å². The summed E-state index contributed by atoms with van der Waals surface area (Å²) in [6, 6.07) is 12.0. The van der Waals surface area contributed by atoms with Crippen molar-refractivity contribution in [3.05, 3.63) is 52.5 Å². The zero-order valence-electron chi connectivity index (χ0n) is 17.6. The predicted octanol–water partition coefficient (Wildman–Crippen LogP) is 3.71. The fraction of sp³-hybridized carbons (Fsp3) is 0.364. The number of fused-ring (bicyclic) bond motifs is 1. The summed E-state index contributed by atoms with van der Waals surface area (Å²) >= 11 is 1.67. The molecule has 0 spiro atoms. The normalized spacial score (nSPS) is 11.1. The fourth-order valence-electron chi connectivity index (χ4n) is 3.16. The third kappa shape index (κ3) is 5.05. The van der Waals surface area contributed by atoms with E-state index in [2.05, 4.69) is 11.1 Å². The average Bonchev–Trinajstić information content (AvgIpc) is 3.10. The van der Waals surface area contributed by atoms with E-state index in [1.54, 1.807) is 30.5 Å². The van der Waals surface area contributed by atoms with Crippen LogP contribution in [0.5, 0.6) is 11.5 Å². The van der Waals surface area contributed by atoms with Gasteiger partial charge in [0.1, 0.15) is 5.01 Å². The van der Waals surface area contributed by atoms with Crippen molar-refractivity contribution in [1.29, 1.82) is 0 Å². The topological polar surface area (TPSA) is 54.9 Å². The van der Waals surface area contributed by atoms with E-state index in [9.17, 15) is 4.79 Å². The van der Waals surface area contributed by atoms with Crippen LogP contribution in [0, 0.1) is 6.92 Å². The second-order valence-corrected chi connectivity index (χ2v) is 8.25. The number of rotatable bonds is 8. The van der Waals surface area contributed by atoms with Crippen LogP contribution >= 0.6 is 11.3 Å². The third-order valence-electron chi connectivity index (χ3n) is 4.82. The number of likely N-dealkylation sites (N-methyl/N-ethyl adjacent to an activating group) is 2. The number of aromatic nitrogens is 1. The summed E-state index contributed by atoms with van der Waals surface area (Å²) in [6.45, 7) is 3.50. The maximum atomic E-state index is 12.7. The van der Waals surface area contributed by atoms with Gasteiger partial charge in [-0.1, -0.05) is 12.1 Å². The van der Waals surface area contributed by atoms with Crippen molar-refractivity contribution in [2.75, 3.05) is 34.9 Å². The number of carbonyl (C=O) groups is 1. The number of methoxy groups -OCH3 is 2. The summed E-state index contributed by atoms with van der Waals surface area (Å²) in [5.41, 5.74) is 3.10. The van der Waals surface area contributed by atoms with Crippen molar-refractivity contribution < 1.29 is 14.3 Å². The van der Waals surface area contributed by atoms with E-state index in [0.29, 0.717) is 31.1 Å². The summed E-state index contributed by atoms with van der Waals surface area (Å²) in [4.78, 5) is 21.1. The molecule has 0 fully saturated rings. The number of hydrogen-bond acceptors (Lipinski definition) is 6. The molecule has 0 aliphatic carbocycles. The van der Waals surface area contributed by atoms with Crippen LogP contribution in [-0.2, 0) is 17.9 Å². The van der Waals surface area contributed by atoms with Crippen molar-refractivity contribution in [3.8, 4) is 11.5 Å². The minimum Gasteiger partial charge on any atom is -0.493 e. The number of thiazole rings is 1. The summed E-state index contributed by atoms with van der Waals surface area (Å²) in [5.74, 6) is 1.42. The van der Waals surface area contributed by atoms with Crippen molar-refractivity contribution in [2.24, 2.45) is 0 Å². The van der Waals surface area contributed by atoms with E-state index in [4.69, 9.17) is 9.47 Å². The molecule has 154 valence electrons. The van der Waals surface area contributed by atoms with Gasteiger partial charge in [-0.05, 0) is 49.4 Å². The van der Waals surface area contributed by atoms with Gasteiger partial charge < -0.3 is 14.4 Å². The minimum absolute atomic E-state index is 0.0581. The lowest BCUT2D eigenvalue weighted by atomic mass is 10.1. The van der Waals surface area contributed by atoms with Gasteiger partial charge >= 0.3 is 0 Å². The largest absolute Gasteiger partial charge is 0.493 e. The second kappa shape index (κ2) is 9.24. The van der Waals surface area contributed by atoms with Crippen LogP contribution in [0.3, 0.4) is 0 Å². The first kappa shape index (κ1) is 21.1. The first-order chi connectivity index (χ1) is 13.9. The van der Waals surface area contributed by atoms with E-state index < -0.39 is 0 Å². The molecule has 1 aromatic heterocycles. The molecule has 1 amide bonds. The minimum atomic E-state index is 0.0581. The molecule has 0 saturated carbocycles. The monoisotopic (exact) mass is 413 g/mol. The number of benzene rings is 2. The smallest absolute Gasteiger partial charge is 0.236 e. The van der Waals surface area contributed by atoms with Crippen LogP contribution in [0.2, 0.25) is 0 Å². The zero-order valence-corrected chi connectivity index (χ0v) is 18.4. The first-order valence-electron chi connectivity index (χ1n) is 9.39. The van der Waals surface area contributed by atoms with E-state index in [0.717, 1.165) is 21.7 Å². The molecule has 0 saturated heterocycles. The van der Waals surface area contributed by atoms with Gasteiger partial charge in [-0.3, -0.25) is 9.69 Å². The first-order valence-corrected chi connectivity index (χ1v) is 10.2. The zero-order chi connectivity index (χ0) is 21.0. The van der Waals surface area contributed by atoms with Crippen LogP contribution in [0.4, 0.5) is 0 Å². The van der Waals surface area contributed by atoms with Gasteiger partial charge in [-0.2, -0.15) is 0 Å². The Hall–Kier alpha value is -2.64. The molecule has 0 N–H and O–H groups in total. The van der Waals surface area contributed by atoms with E-state index in [-0.39, 0.29) is 5.91 Å². The van der Waals surface area contributed by atoms with Gasteiger partial charge in [0.15, 0.2) is 11.5 Å². The Morgan fingerprint density at radius 3 is 2.45 bits per heavy atom. The Morgan fingerprint density at radius 2 is 1.76 bits per heavy atom. The van der Waals surface area contributed by atoms with Crippen LogP contribution in [0.15, 0.2) is 36.4 Å².